The minimum Gasteiger partial charge on any atom is -0.395 e. The lowest BCUT2D eigenvalue weighted by Gasteiger charge is -2.23. The summed E-state index contributed by atoms with van der Waals surface area (Å²) in [7, 11) is 0. The van der Waals surface area contributed by atoms with E-state index in [2.05, 4.69) is 4.90 Å². The van der Waals surface area contributed by atoms with Gasteiger partial charge in [0.15, 0.2) is 0 Å². The minimum absolute atomic E-state index is 0.00359. The Morgan fingerprint density at radius 2 is 2.33 bits per heavy atom. The molecule has 1 aromatic carbocycles. The van der Waals surface area contributed by atoms with Gasteiger partial charge in [0, 0.05) is 24.7 Å². The number of hydrogen-bond donors (Lipinski definition) is 1. The van der Waals surface area contributed by atoms with Crippen molar-refractivity contribution in [2.24, 2.45) is 0 Å². The Balaban J connectivity index is 2.12. The highest BCUT2D eigenvalue weighted by Gasteiger charge is 2.24. The maximum absolute atomic E-state index is 10.6. The van der Waals surface area contributed by atoms with Crippen LogP contribution in [0.5, 0.6) is 0 Å². The second-order valence-corrected chi connectivity index (χ2v) is 4.89. The minimum atomic E-state index is -0.456. The average molecular weight is 271 g/mol. The summed E-state index contributed by atoms with van der Waals surface area (Å²) in [5.41, 5.74) is 0.867. The first kappa shape index (κ1) is 13.3. The molecule has 1 aromatic rings. The first-order valence-corrected chi connectivity index (χ1v) is 6.27. The molecule has 0 aromatic heterocycles. The number of benzene rings is 1. The molecule has 0 aliphatic carbocycles. The van der Waals surface area contributed by atoms with E-state index in [-0.39, 0.29) is 18.3 Å². The van der Waals surface area contributed by atoms with Crippen molar-refractivity contribution in [2.75, 3.05) is 13.2 Å². The van der Waals surface area contributed by atoms with Crippen molar-refractivity contribution in [1.29, 1.82) is 0 Å². The Labute approximate surface area is 110 Å². The summed E-state index contributed by atoms with van der Waals surface area (Å²) >= 11 is 6.05. The summed E-state index contributed by atoms with van der Waals surface area (Å²) in [5, 5.41) is 20.3. The van der Waals surface area contributed by atoms with Crippen molar-refractivity contribution in [3.8, 4) is 0 Å². The molecule has 0 radical (unpaired) electrons. The summed E-state index contributed by atoms with van der Waals surface area (Å²) < 4.78 is 0. The first-order valence-electron chi connectivity index (χ1n) is 5.89. The summed E-state index contributed by atoms with van der Waals surface area (Å²) in [6.07, 6.45) is 2.05. The fourth-order valence-corrected chi connectivity index (χ4v) is 2.54. The van der Waals surface area contributed by atoms with Gasteiger partial charge in [-0.2, -0.15) is 0 Å². The van der Waals surface area contributed by atoms with Crippen molar-refractivity contribution >= 4 is 17.3 Å². The normalized spacial score (nSPS) is 20.2. The zero-order chi connectivity index (χ0) is 13.1. The Hall–Kier alpha value is -1.17. The molecule has 1 aliphatic rings. The Bertz CT molecular complexity index is 453. The van der Waals surface area contributed by atoms with Gasteiger partial charge in [-0.15, -0.1) is 0 Å². The third-order valence-corrected chi connectivity index (χ3v) is 3.68. The number of non-ortho nitro benzene ring substituents is 1. The molecule has 6 heteroatoms. The maximum atomic E-state index is 10.6. The molecule has 0 amide bonds. The highest BCUT2D eigenvalue weighted by Crippen LogP contribution is 2.26. The van der Waals surface area contributed by atoms with Gasteiger partial charge >= 0.3 is 0 Å². The van der Waals surface area contributed by atoms with Crippen LogP contribution in [0.2, 0.25) is 5.02 Å². The molecule has 5 nitrogen and oxygen atoms in total. The van der Waals surface area contributed by atoms with Crippen LogP contribution in [0.15, 0.2) is 18.2 Å². The third-order valence-electron chi connectivity index (χ3n) is 3.33. The van der Waals surface area contributed by atoms with Crippen LogP contribution < -0.4 is 0 Å². The van der Waals surface area contributed by atoms with Gasteiger partial charge in [0.05, 0.1) is 16.6 Å². The highest BCUT2D eigenvalue weighted by molar-refractivity contribution is 6.31. The molecule has 2 rings (SSSR count). The molecule has 0 spiro atoms. The Morgan fingerprint density at radius 3 is 2.94 bits per heavy atom. The van der Waals surface area contributed by atoms with Crippen molar-refractivity contribution in [1.82, 2.24) is 4.90 Å². The Morgan fingerprint density at radius 1 is 1.56 bits per heavy atom. The molecule has 1 saturated heterocycles. The number of nitro benzene ring substituents is 1. The van der Waals surface area contributed by atoms with E-state index < -0.39 is 4.92 Å². The molecule has 1 atom stereocenters. The van der Waals surface area contributed by atoms with Crippen LogP contribution in [-0.4, -0.2) is 34.1 Å². The van der Waals surface area contributed by atoms with E-state index in [0.29, 0.717) is 11.6 Å². The zero-order valence-electron chi connectivity index (χ0n) is 9.88. The number of rotatable bonds is 4. The van der Waals surface area contributed by atoms with Crippen LogP contribution in [-0.2, 0) is 6.54 Å². The van der Waals surface area contributed by atoms with Crippen LogP contribution in [0.3, 0.4) is 0 Å². The quantitative estimate of drug-likeness (QED) is 0.673. The van der Waals surface area contributed by atoms with Gasteiger partial charge in [-0.3, -0.25) is 15.0 Å². The highest BCUT2D eigenvalue weighted by atomic mass is 35.5. The van der Waals surface area contributed by atoms with Gasteiger partial charge < -0.3 is 5.11 Å². The van der Waals surface area contributed by atoms with Crippen molar-refractivity contribution in [3.63, 3.8) is 0 Å². The summed E-state index contributed by atoms with van der Waals surface area (Å²) in [4.78, 5) is 12.3. The fraction of sp³-hybridized carbons (Fsp3) is 0.500. The molecule has 18 heavy (non-hydrogen) atoms. The molecule has 1 aliphatic heterocycles. The van der Waals surface area contributed by atoms with Gasteiger partial charge in [0.2, 0.25) is 0 Å². The number of aliphatic hydroxyl groups is 1. The van der Waals surface area contributed by atoms with Gasteiger partial charge in [0.25, 0.3) is 5.69 Å². The molecular weight excluding hydrogens is 256 g/mol. The monoisotopic (exact) mass is 270 g/mol. The summed E-state index contributed by atoms with van der Waals surface area (Å²) in [5.74, 6) is 0. The predicted octanol–water partition coefficient (Wildman–Crippen LogP) is 2.20. The smallest absolute Gasteiger partial charge is 0.270 e. The topological polar surface area (TPSA) is 66.6 Å². The van der Waals surface area contributed by atoms with Crippen LogP contribution >= 0.6 is 11.6 Å². The van der Waals surface area contributed by atoms with Crippen LogP contribution in [0.25, 0.3) is 0 Å². The number of aliphatic hydroxyl groups excluding tert-OH is 1. The van der Waals surface area contributed by atoms with Crippen molar-refractivity contribution in [3.05, 3.63) is 38.9 Å². The number of likely N-dealkylation sites (tertiary alicyclic amines) is 1. The van der Waals surface area contributed by atoms with E-state index in [1.807, 2.05) is 0 Å². The number of hydrogen-bond acceptors (Lipinski definition) is 4. The fourth-order valence-electron chi connectivity index (χ4n) is 2.31. The van der Waals surface area contributed by atoms with Crippen LogP contribution in [0.4, 0.5) is 5.69 Å². The first-order chi connectivity index (χ1) is 8.61. The summed E-state index contributed by atoms with van der Waals surface area (Å²) in [6, 6.07) is 4.70. The molecule has 1 fully saturated rings. The second-order valence-electron chi connectivity index (χ2n) is 4.48. The van der Waals surface area contributed by atoms with E-state index in [9.17, 15) is 15.2 Å². The van der Waals surface area contributed by atoms with Gasteiger partial charge in [-0.1, -0.05) is 11.6 Å². The Kier molecular flexibility index (Phi) is 4.16. The zero-order valence-corrected chi connectivity index (χ0v) is 10.6. The van der Waals surface area contributed by atoms with E-state index in [1.54, 1.807) is 6.07 Å². The molecule has 1 heterocycles. The molecule has 0 saturated carbocycles. The summed E-state index contributed by atoms with van der Waals surface area (Å²) in [6.45, 7) is 1.70. The number of halogens is 1. The molecular formula is C12H15ClN2O3. The number of nitrogens with zero attached hydrogens (tertiary/aromatic N) is 2. The molecule has 1 unspecified atom stereocenters. The van der Waals surface area contributed by atoms with Gasteiger partial charge in [-0.05, 0) is 31.0 Å². The van der Waals surface area contributed by atoms with Gasteiger partial charge in [-0.25, -0.2) is 0 Å². The lowest BCUT2D eigenvalue weighted by Crippen LogP contribution is -2.31. The third kappa shape index (κ3) is 2.80. The standard InChI is InChI=1S/C12H15ClN2O3/c13-12-6-10(15(17)18)4-3-9(12)7-14-5-1-2-11(14)8-16/h3-4,6,11,16H,1-2,5,7-8H2. The second kappa shape index (κ2) is 5.65. The predicted molar refractivity (Wildman–Crippen MR) is 68.6 cm³/mol. The largest absolute Gasteiger partial charge is 0.395 e. The molecule has 0 bridgehead atoms. The molecule has 98 valence electrons. The lowest BCUT2D eigenvalue weighted by molar-refractivity contribution is -0.384. The molecule has 1 N–H and O–H groups in total. The lowest BCUT2D eigenvalue weighted by atomic mass is 10.1. The number of nitro groups is 1. The van der Waals surface area contributed by atoms with E-state index in [1.165, 1.54) is 12.1 Å². The maximum Gasteiger partial charge on any atom is 0.270 e. The SMILES string of the molecule is O=[N+]([O-])c1ccc(CN2CCCC2CO)c(Cl)c1. The van der Waals surface area contributed by atoms with Crippen LogP contribution in [0, 0.1) is 10.1 Å². The van der Waals surface area contributed by atoms with E-state index in [4.69, 9.17) is 11.6 Å². The van der Waals surface area contributed by atoms with Crippen molar-refractivity contribution < 1.29 is 10.0 Å². The van der Waals surface area contributed by atoms with E-state index in [0.717, 1.165) is 24.9 Å². The average Bonchev–Trinajstić information content (AvgIpc) is 2.78. The van der Waals surface area contributed by atoms with E-state index >= 15 is 0 Å². The van der Waals surface area contributed by atoms with Crippen molar-refractivity contribution in [2.45, 2.75) is 25.4 Å². The van der Waals surface area contributed by atoms with Crippen LogP contribution in [0.1, 0.15) is 18.4 Å². The van der Waals surface area contributed by atoms with Gasteiger partial charge in [0.1, 0.15) is 0 Å².